The summed E-state index contributed by atoms with van der Waals surface area (Å²) in [6, 6.07) is 11.6. The number of nitrogens with one attached hydrogen (secondary N) is 2. The summed E-state index contributed by atoms with van der Waals surface area (Å²) in [5.41, 5.74) is 1.06. The Labute approximate surface area is 148 Å². The molecule has 0 aliphatic carbocycles. The topological polar surface area (TPSA) is 88.9 Å². The molecule has 0 atom stereocenters. The molecular formula is C17H14ClN5O2. The van der Waals surface area contributed by atoms with Gasteiger partial charge in [-0.1, -0.05) is 23.7 Å². The van der Waals surface area contributed by atoms with E-state index in [1.807, 2.05) is 0 Å². The van der Waals surface area contributed by atoms with Gasteiger partial charge in [0.25, 0.3) is 11.8 Å². The molecule has 8 heteroatoms. The lowest BCUT2D eigenvalue weighted by atomic mass is 10.2. The molecule has 0 aliphatic heterocycles. The Morgan fingerprint density at radius 3 is 2.60 bits per heavy atom. The van der Waals surface area contributed by atoms with Gasteiger partial charge < -0.3 is 10.6 Å². The second kappa shape index (κ2) is 7.14. The van der Waals surface area contributed by atoms with E-state index >= 15 is 0 Å². The van der Waals surface area contributed by atoms with Crippen LogP contribution in [0.25, 0.3) is 0 Å². The van der Waals surface area contributed by atoms with E-state index < -0.39 is 5.91 Å². The van der Waals surface area contributed by atoms with Gasteiger partial charge in [0.15, 0.2) is 5.69 Å². The maximum atomic E-state index is 12.3. The Hall–Kier alpha value is -3.19. The molecule has 3 aromatic rings. The molecule has 3 rings (SSSR count). The van der Waals surface area contributed by atoms with Crippen molar-refractivity contribution >= 4 is 34.9 Å². The van der Waals surface area contributed by atoms with Crippen LogP contribution in [-0.2, 0) is 7.05 Å². The number of hydrogen-bond acceptors (Lipinski definition) is 4. The second-order valence-corrected chi connectivity index (χ2v) is 5.58. The molecule has 0 saturated heterocycles. The van der Waals surface area contributed by atoms with Gasteiger partial charge in [0, 0.05) is 19.3 Å². The lowest BCUT2D eigenvalue weighted by molar-refractivity contribution is 0.101. The quantitative estimate of drug-likeness (QED) is 0.753. The first kappa shape index (κ1) is 16.7. The monoisotopic (exact) mass is 355 g/mol. The molecule has 7 nitrogen and oxygen atoms in total. The number of hydrogen-bond donors (Lipinski definition) is 2. The standard InChI is InChI=1S/C17H14ClN5O2/c1-23-15(21-16(24)12-6-2-3-7-13(12)18)9-14(22-23)17(25)20-11-5-4-8-19-10-11/h2-10H,1H3,(H,20,25)(H,21,24). The van der Waals surface area contributed by atoms with Crippen LogP contribution in [0.5, 0.6) is 0 Å². The molecule has 0 saturated carbocycles. The van der Waals surface area contributed by atoms with Crippen molar-refractivity contribution in [3.05, 3.63) is 71.1 Å². The van der Waals surface area contributed by atoms with Crippen molar-refractivity contribution in [2.45, 2.75) is 0 Å². The molecule has 0 fully saturated rings. The highest BCUT2D eigenvalue weighted by molar-refractivity contribution is 6.34. The normalized spacial score (nSPS) is 10.3. The van der Waals surface area contributed by atoms with E-state index in [-0.39, 0.29) is 11.6 Å². The number of benzene rings is 1. The molecule has 2 heterocycles. The zero-order valence-electron chi connectivity index (χ0n) is 13.2. The van der Waals surface area contributed by atoms with Gasteiger partial charge in [0.1, 0.15) is 5.82 Å². The lowest BCUT2D eigenvalue weighted by Gasteiger charge is -2.06. The van der Waals surface area contributed by atoms with Crippen LogP contribution >= 0.6 is 11.6 Å². The Morgan fingerprint density at radius 1 is 1.08 bits per heavy atom. The van der Waals surface area contributed by atoms with Crippen molar-refractivity contribution in [2.24, 2.45) is 7.05 Å². The van der Waals surface area contributed by atoms with Gasteiger partial charge in [-0.2, -0.15) is 5.10 Å². The SMILES string of the molecule is Cn1nc(C(=O)Nc2cccnc2)cc1NC(=O)c1ccccc1Cl. The summed E-state index contributed by atoms with van der Waals surface area (Å²) in [4.78, 5) is 28.5. The number of aryl methyl sites for hydroxylation is 1. The van der Waals surface area contributed by atoms with Crippen LogP contribution in [0, 0.1) is 0 Å². The summed E-state index contributed by atoms with van der Waals surface area (Å²) >= 11 is 6.02. The number of carbonyl (C=O) groups excluding carboxylic acids is 2. The smallest absolute Gasteiger partial charge is 0.276 e. The third-order valence-electron chi connectivity index (χ3n) is 3.39. The summed E-state index contributed by atoms with van der Waals surface area (Å²) in [5, 5.41) is 9.83. The second-order valence-electron chi connectivity index (χ2n) is 5.17. The van der Waals surface area contributed by atoms with E-state index in [0.717, 1.165) is 0 Å². The van der Waals surface area contributed by atoms with Crippen LogP contribution in [0.15, 0.2) is 54.9 Å². The number of pyridine rings is 1. The number of amides is 2. The Kier molecular flexibility index (Phi) is 4.76. The summed E-state index contributed by atoms with van der Waals surface area (Å²) in [6.07, 6.45) is 3.14. The molecule has 126 valence electrons. The van der Waals surface area contributed by atoms with Gasteiger partial charge in [-0.05, 0) is 24.3 Å². The third-order valence-corrected chi connectivity index (χ3v) is 3.72. The minimum Gasteiger partial charge on any atom is -0.319 e. The first-order valence-corrected chi connectivity index (χ1v) is 7.73. The molecule has 0 unspecified atom stereocenters. The minimum atomic E-state index is -0.401. The van der Waals surface area contributed by atoms with Gasteiger partial charge >= 0.3 is 0 Å². The zero-order valence-corrected chi connectivity index (χ0v) is 14.0. The molecule has 0 bridgehead atoms. The molecule has 0 spiro atoms. The van der Waals surface area contributed by atoms with Crippen LogP contribution in [0.4, 0.5) is 11.5 Å². The summed E-state index contributed by atoms with van der Waals surface area (Å²) in [6.45, 7) is 0. The predicted molar refractivity (Wildman–Crippen MR) is 94.8 cm³/mol. The predicted octanol–water partition coefficient (Wildman–Crippen LogP) is 2.97. The fraction of sp³-hybridized carbons (Fsp3) is 0.0588. The van der Waals surface area contributed by atoms with Crippen molar-refractivity contribution in [3.8, 4) is 0 Å². The van der Waals surface area contributed by atoms with Crippen molar-refractivity contribution in [1.82, 2.24) is 14.8 Å². The lowest BCUT2D eigenvalue weighted by Crippen LogP contribution is -2.14. The molecular weight excluding hydrogens is 342 g/mol. The Bertz CT molecular complexity index is 924. The van der Waals surface area contributed by atoms with Crippen LogP contribution in [0.2, 0.25) is 5.02 Å². The first-order valence-electron chi connectivity index (χ1n) is 7.36. The summed E-state index contributed by atoms with van der Waals surface area (Å²) < 4.78 is 1.41. The highest BCUT2D eigenvalue weighted by atomic mass is 35.5. The van der Waals surface area contributed by atoms with Gasteiger partial charge in [-0.3, -0.25) is 19.3 Å². The largest absolute Gasteiger partial charge is 0.319 e. The maximum Gasteiger partial charge on any atom is 0.276 e. The van der Waals surface area contributed by atoms with Crippen molar-refractivity contribution in [3.63, 3.8) is 0 Å². The number of rotatable bonds is 4. The molecule has 1 aromatic carbocycles. The highest BCUT2D eigenvalue weighted by Gasteiger charge is 2.16. The third kappa shape index (κ3) is 3.84. The molecule has 0 radical (unpaired) electrons. The fourth-order valence-corrected chi connectivity index (χ4v) is 2.38. The Morgan fingerprint density at radius 2 is 1.88 bits per heavy atom. The summed E-state index contributed by atoms with van der Waals surface area (Å²) in [7, 11) is 1.63. The van der Waals surface area contributed by atoms with Crippen molar-refractivity contribution in [2.75, 3.05) is 10.6 Å². The number of nitrogens with zero attached hydrogens (tertiary/aromatic N) is 3. The van der Waals surface area contributed by atoms with Crippen molar-refractivity contribution < 1.29 is 9.59 Å². The fourth-order valence-electron chi connectivity index (χ4n) is 2.16. The zero-order chi connectivity index (χ0) is 17.8. The van der Waals surface area contributed by atoms with E-state index in [0.29, 0.717) is 22.1 Å². The van der Waals surface area contributed by atoms with Gasteiger partial charge in [0.05, 0.1) is 22.5 Å². The van der Waals surface area contributed by atoms with Crippen LogP contribution in [-0.4, -0.2) is 26.6 Å². The first-order chi connectivity index (χ1) is 12.0. The van der Waals surface area contributed by atoms with Gasteiger partial charge in [0.2, 0.25) is 0 Å². The van der Waals surface area contributed by atoms with Crippen LogP contribution < -0.4 is 10.6 Å². The average Bonchev–Trinajstić information content (AvgIpc) is 2.97. The van der Waals surface area contributed by atoms with Crippen LogP contribution in [0.1, 0.15) is 20.8 Å². The van der Waals surface area contributed by atoms with Gasteiger partial charge in [-0.25, -0.2) is 0 Å². The van der Waals surface area contributed by atoms with E-state index in [4.69, 9.17) is 11.6 Å². The number of carbonyl (C=O) groups is 2. The Balaban J connectivity index is 1.75. The number of halogens is 1. The maximum absolute atomic E-state index is 12.3. The van der Waals surface area contributed by atoms with E-state index in [1.54, 1.807) is 49.6 Å². The molecule has 0 aliphatic rings. The number of aromatic nitrogens is 3. The summed E-state index contributed by atoms with van der Waals surface area (Å²) in [5.74, 6) is -0.407. The molecule has 2 N–H and O–H groups in total. The average molecular weight is 356 g/mol. The number of anilines is 2. The van der Waals surface area contributed by atoms with E-state index in [1.165, 1.54) is 16.9 Å². The van der Waals surface area contributed by atoms with E-state index in [9.17, 15) is 9.59 Å². The van der Waals surface area contributed by atoms with Crippen molar-refractivity contribution in [1.29, 1.82) is 0 Å². The van der Waals surface area contributed by atoms with Gasteiger partial charge in [-0.15, -0.1) is 0 Å². The molecule has 2 aromatic heterocycles. The van der Waals surface area contributed by atoms with Crippen LogP contribution in [0.3, 0.4) is 0 Å². The molecule has 25 heavy (non-hydrogen) atoms. The molecule has 2 amide bonds. The minimum absolute atomic E-state index is 0.167. The van der Waals surface area contributed by atoms with E-state index in [2.05, 4.69) is 20.7 Å². The highest BCUT2D eigenvalue weighted by Crippen LogP contribution is 2.18.